The van der Waals surface area contributed by atoms with Crippen LogP contribution in [0.2, 0.25) is 5.02 Å². The van der Waals surface area contributed by atoms with E-state index in [4.69, 9.17) is 11.6 Å². The van der Waals surface area contributed by atoms with Crippen molar-refractivity contribution in [2.24, 2.45) is 0 Å². The molecule has 0 unspecified atom stereocenters. The van der Waals surface area contributed by atoms with Gasteiger partial charge < -0.3 is 10.3 Å². The van der Waals surface area contributed by atoms with E-state index in [9.17, 15) is 9.59 Å². The van der Waals surface area contributed by atoms with E-state index in [1.54, 1.807) is 25.1 Å². The molecule has 1 atom stereocenters. The number of rotatable bonds is 5. The molecule has 0 radical (unpaired) electrons. The minimum absolute atomic E-state index is 0.0734. The lowest BCUT2D eigenvalue weighted by atomic mass is 10.2. The predicted octanol–water partition coefficient (Wildman–Crippen LogP) is 2.58. The molecule has 1 aromatic carbocycles. The monoisotopic (exact) mass is 325 g/mol. The molecule has 0 fully saturated rings. The summed E-state index contributed by atoms with van der Waals surface area (Å²) in [4.78, 5) is 30.8. The second kappa shape index (κ2) is 6.95. The third kappa shape index (κ3) is 3.98. The topological polar surface area (TPSA) is 74.8 Å². The number of hydrogen-bond donors (Lipinski definition) is 2. The number of amides is 1. The van der Waals surface area contributed by atoms with Crippen LogP contribution in [-0.2, 0) is 4.79 Å². The Labute approximate surface area is 131 Å². The van der Waals surface area contributed by atoms with Crippen LogP contribution in [0, 0.1) is 0 Å². The van der Waals surface area contributed by atoms with E-state index in [-0.39, 0.29) is 16.7 Å². The fraction of sp³-hybridized carbons (Fsp3) is 0.357. The average molecular weight is 326 g/mol. The van der Waals surface area contributed by atoms with Gasteiger partial charge in [-0.15, -0.1) is 0 Å². The van der Waals surface area contributed by atoms with Gasteiger partial charge in [0.2, 0.25) is 5.91 Å². The highest BCUT2D eigenvalue weighted by Crippen LogP contribution is 2.21. The summed E-state index contributed by atoms with van der Waals surface area (Å²) in [7, 11) is 0. The second-order valence-electron chi connectivity index (χ2n) is 4.58. The van der Waals surface area contributed by atoms with Gasteiger partial charge in [0.15, 0.2) is 5.16 Å². The van der Waals surface area contributed by atoms with Gasteiger partial charge in [0.25, 0.3) is 5.56 Å². The quantitative estimate of drug-likeness (QED) is 0.654. The third-order valence-corrected chi connectivity index (χ3v) is 4.07. The number of H-pyrrole nitrogens is 1. The maximum absolute atomic E-state index is 12.0. The predicted molar refractivity (Wildman–Crippen MR) is 86.0 cm³/mol. The van der Waals surface area contributed by atoms with Crippen LogP contribution in [0.5, 0.6) is 0 Å². The zero-order valence-corrected chi connectivity index (χ0v) is 13.3. The molecule has 0 spiro atoms. The normalized spacial score (nSPS) is 12.3. The van der Waals surface area contributed by atoms with Crippen LogP contribution < -0.4 is 10.9 Å². The van der Waals surface area contributed by atoms with Crippen molar-refractivity contribution in [1.82, 2.24) is 15.3 Å². The van der Waals surface area contributed by atoms with E-state index in [1.165, 1.54) is 11.8 Å². The van der Waals surface area contributed by atoms with Crippen molar-refractivity contribution < 1.29 is 4.79 Å². The fourth-order valence-corrected chi connectivity index (χ4v) is 2.75. The summed E-state index contributed by atoms with van der Waals surface area (Å²) in [5.41, 5.74) is 0.287. The first-order valence-corrected chi connectivity index (χ1v) is 7.91. The van der Waals surface area contributed by atoms with Crippen LogP contribution in [0.1, 0.15) is 20.3 Å². The molecule has 21 heavy (non-hydrogen) atoms. The first-order chi connectivity index (χ1) is 10.0. The Morgan fingerprint density at radius 1 is 1.52 bits per heavy atom. The maximum atomic E-state index is 12.0. The lowest BCUT2D eigenvalue weighted by Crippen LogP contribution is -2.31. The molecule has 0 aliphatic rings. The SMILES string of the molecule is CCCNC(=O)[C@@H](C)Sc1nc2cc(Cl)ccc2c(=O)[nH]1. The molecule has 1 aromatic heterocycles. The van der Waals surface area contributed by atoms with E-state index in [0.717, 1.165) is 6.42 Å². The zero-order chi connectivity index (χ0) is 15.4. The van der Waals surface area contributed by atoms with Gasteiger partial charge in [-0.2, -0.15) is 0 Å². The highest BCUT2D eigenvalue weighted by Gasteiger charge is 2.15. The van der Waals surface area contributed by atoms with Crippen molar-refractivity contribution in [3.63, 3.8) is 0 Å². The van der Waals surface area contributed by atoms with Crippen LogP contribution in [-0.4, -0.2) is 27.7 Å². The molecule has 0 aliphatic carbocycles. The third-order valence-electron chi connectivity index (χ3n) is 2.85. The Morgan fingerprint density at radius 2 is 2.29 bits per heavy atom. The van der Waals surface area contributed by atoms with E-state index in [2.05, 4.69) is 15.3 Å². The Bertz CT molecular complexity index is 717. The Hall–Kier alpha value is -1.53. The van der Waals surface area contributed by atoms with Gasteiger partial charge in [-0.25, -0.2) is 4.98 Å². The number of thioether (sulfide) groups is 1. The van der Waals surface area contributed by atoms with E-state index in [1.807, 2.05) is 6.92 Å². The first kappa shape index (κ1) is 15.9. The van der Waals surface area contributed by atoms with Gasteiger partial charge in [-0.3, -0.25) is 9.59 Å². The van der Waals surface area contributed by atoms with Gasteiger partial charge in [0, 0.05) is 11.6 Å². The minimum Gasteiger partial charge on any atom is -0.355 e. The van der Waals surface area contributed by atoms with Crippen molar-refractivity contribution in [3.05, 3.63) is 33.6 Å². The number of benzene rings is 1. The molecule has 2 N–H and O–H groups in total. The standard InChI is InChI=1S/C14H16ClN3O2S/c1-3-6-16-12(19)8(2)21-14-17-11-7-9(15)4-5-10(11)13(20)18-14/h4-5,7-8H,3,6H2,1-2H3,(H,16,19)(H,17,18,20)/t8-/m1/s1. The van der Waals surface area contributed by atoms with Crippen molar-refractivity contribution in [2.75, 3.05) is 6.54 Å². The van der Waals surface area contributed by atoms with Crippen LogP contribution in [0.3, 0.4) is 0 Å². The van der Waals surface area contributed by atoms with E-state index >= 15 is 0 Å². The maximum Gasteiger partial charge on any atom is 0.259 e. The van der Waals surface area contributed by atoms with E-state index in [0.29, 0.717) is 27.6 Å². The summed E-state index contributed by atoms with van der Waals surface area (Å²) in [5, 5.41) is 3.88. The number of fused-ring (bicyclic) bond motifs is 1. The summed E-state index contributed by atoms with van der Waals surface area (Å²) < 4.78 is 0. The number of carbonyl (C=O) groups excluding carboxylic acids is 1. The summed E-state index contributed by atoms with van der Waals surface area (Å²) in [6.45, 7) is 4.41. The Kier molecular flexibility index (Phi) is 5.25. The lowest BCUT2D eigenvalue weighted by molar-refractivity contribution is -0.120. The average Bonchev–Trinajstić information content (AvgIpc) is 2.44. The molecule has 112 valence electrons. The second-order valence-corrected chi connectivity index (χ2v) is 6.35. The molecule has 1 heterocycles. The number of halogens is 1. The Morgan fingerprint density at radius 3 is 3.00 bits per heavy atom. The van der Waals surface area contributed by atoms with Crippen LogP contribution in [0.4, 0.5) is 0 Å². The minimum atomic E-state index is -0.337. The van der Waals surface area contributed by atoms with Crippen LogP contribution in [0.15, 0.2) is 28.2 Å². The highest BCUT2D eigenvalue weighted by atomic mass is 35.5. The highest BCUT2D eigenvalue weighted by molar-refractivity contribution is 8.00. The molecule has 0 bridgehead atoms. The molecular weight excluding hydrogens is 310 g/mol. The molecule has 1 amide bonds. The van der Waals surface area contributed by atoms with Crippen molar-refractivity contribution in [3.8, 4) is 0 Å². The molecule has 0 saturated heterocycles. The molecule has 0 aliphatic heterocycles. The van der Waals surface area contributed by atoms with Gasteiger partial charge in [0.1, 0.15) is 0 Å². The van der Waals surface area contributed by atoms with Crippen molar-refractivity contribution in [1.29, 1.82) is 0 Å². The summed E-state index contributed by atoms with van der Waals surface area (Å²) in [5.74, 6) is -0.0734. The molecular formula is C14H16ClN3O2S. The molecule has 2 rings (SSSR count). The van der Waals surface area contributed by atoms with Gasteiger partial charge in [-0.1, -0.05) is 30.3 Å². The number of aromatic amines is 1. The zero-order valence-electron chi connectivity index (χ0n) is 11.8. The Balaban J connectivity index is 2.22. The number of hydrogen-bond acceptors (Lipinski definition) is 4. The smallest absolute Gasteiger partial charge is 0.259 e. The lowest BCUT2D eigenvalue weighted by Gasteiger charge is -2.11. The first-order valence-electron chi connectivity index (χ1n) is 6.65. The fourth-order valence-electron chi connectivity index (χ4n) is 1.76. The van der Waals surface area contributed by atoms with Crippen LogP contribution >= 0.6 is 23.4 Å². The number of nitrogens with zero attached hydrogens (tertiary/aromatic N) is 1. The van der Waals surface area contributed by atoms with Gasteiger partial charge in [0.05, 0.1) is 16.2 Å². The van der Waals surface area contributed by atoms with E-state index < -0.39 is 0 Å². The number of carbonyl (C=O) groups is 1. The van der Waals surface area contributed by atoms with Crippen molar-refractivity contribution >= 4 is 40.2 Å². The largest absolute Gasteiger partial charge is 0.355 e. The number of aromatic nitrogens is 2. The molecule has 2 aromatic rings. The molecule has 5 nitrogen and oxygen atoms in total. The number of nitrogens with one attached hydrogen (secondary N) is 2. The molecule has 7 heteroatoms. The summed E-state index contributed by atoms with van der Waals surface area (Å²) in [6.07, 6.45) is 0.882. The molecule has 0 saturated carbocycles. The summed E-state index contributed by atoms with van der Waals surface area (Å²) >= 11 is 7.13. The summed E-state index contributed by atoms with van der Waals surface area (Å²) in [6, 6.07) is 4.92. The van der Waals surface area contributed by atoms with Crippen LogP contribution in [0.25, 0.3) is 10.9 Å². The van der Waals surface area contributed by atoms with Crippen molar-refractivity contribution in [2.45, 2.75) is 30.7 Å². The van der Waals surface area contributed by atoms with Gasteiger partial charge in [-0.05, 0) is 31.5 Å². The van der Waals surface area contributed by atoms with Gasteiger partial charge >= 0.3 is 0 Å².